The normalized spacial score (nSPS) is 21.5. The Labute approximate surface area is 174 Å². The molecule has 2 fully saturated rings. The molecule has 0 spiro atoms. The van der Waals surface area contributed by atoms with E-state index in [2.05, 4.69) is 44.6 Å². The summed E-state index contributed by atoms with van der Waals surface area (Å²) in [6, 6.07) is 6.79. The number of hydrogen-bond acceptors (Lipinski definition) is 6. The van der Waals surface area contributed by atoms with Gasteiger partial charge in [-0.25, -0.2) is 4.52 Å². The molecule has 3 aromatic heterocycles. The summed E-state index contributed by atoms with van der Waals surface area (Å²) in [4.78, 5) is 7.51. The predicted molar refractivity (Wildman–Crippen MR) is 116 cm³/mol. The van der Waals surface area contributed by atoms with Crippen molar-refractivity contribution in [2.24, 2.45) is 5.92 Å². The Bertz CT molecular complexity index is 1010. The van der Waals surface area contributed by atoms with E-state index >= 15 is 0 Å². The lowest BCUT2D eigenvalue weighted by molar-refractivity contribution is -0.0158. The molecule has 0 bridgehead atoms. The first-order valence-corrected chi connectivity index (χ1v) is 11.5. The van der Waals surface area contributed by atoms with Crippen LogP contribution in [0.3, 0.4) is 0 Å². The van der Waals surface area contributed by atoms with Crippen LogP contribution in [0, 0.1) is 5.92 Å². The maximum atomic E-state index is 10.4. The van der Waals surface area contributed by atoms with Gasteiger partial charge in [-0.3, -0.25) is 4.90 Å². The van der Waals surface area contributed by atoms with Crippen LogP contribution in [0.15, 0.2) is 30.6 Å². The van der Waals surface area contributed by atoms with Crippen LogP contribution in [0.2, 0.25) is 0 Å². The first kappa shape index (κ1) is 17.9. The molecule has 2 N–H and O–H groups in total. The summed E-state index contributed by atoms with van der Waals surface area (Å²) in [5, 5.41) is 18.5. The number of aromatic nitrogens is 2. The van der Waals surface area contributed by atoms with Gasteiger partial charge in [0.2, 0.25) is 0 Å². The molecule has 6 rings (SSSR count). The molecule has 6 nitrogen and oxygen atoms in total. The maximum absolute atomic E-state index is 10.4. The number of piperazine rings is 1. The summed E-state index contributed by atoms with van der Waals surface area (Å²) in [7, 11) is 0. The van der Waals surface area contributed by atoms with Crippen LogP contribution < -0.4 is 10.2 Å². The van der Waals surface area contributed by atoms with E-state index in [0.717, 1.165) is 45.7 Å². The Morgan fingerprint density at radius 3 is 2.83 bits per heavy atom. The Morgan fingerprint density at radius 2 is 2.03 bits per heavy atom. The third-order valence-electron chi connectivity index (χ3n) is 6.60. The topological polar surface area (TPSA) is 56.0 Å². The molecule has 2 aliphatic heterocycles. The summed E-state index contributed by atoms with van der Waals surface area (Å²) in [6.07, 6.45) is 7.31. The van der Waals surface area contributed by atoms with Crippen LogP contribution >= 0.6 is 11.3 Å². The second-order valence-electron chi connectivity index (χ2n) is 8.53. The average Bonchev–Trinajstić information content (AvgIpc) is 3.36. The largest absolute Gasteiger partial charge is 0.378 e. The van der Waals surface area contributed by atoms with Crippen LogP contribution in [-0.2, 0) is 13.0 Å². The first-order valence-electron chi connectivity index (χ1n) is 10.7. The van der Waals surface area contributed by atoms with Gasteiger partial charge in [0.25, 0.3) is 0 Å². The van der Waals surface area contributed by atoms with Crippen molar-refractivity contribution in [3.8, 4) is 10.4 Å². The van der Waals surface area contributed by atoms with Gasteiger partial charge in [0.1, 0.15) is 6.23 Å². The highest BCUT2D eigenvalue weighted by Gasteiger charge is 2.35. The van der Waals surface area contributed by atoms with Gasteiger partial charge in [-0.2, -0.15) is 5.10 Å². The molecule has 1 saturated heterocycles. The average molecular weight is 410 g/mol. The summed E-state index contributed by atoms with van der Waals surface area (Å²) < 4.78 is 2.02. The highest BCUT2D eigenvalue weighted by atomic mass is 32.1. The lowest BCUT2D eigenvalue weighted by Crippen LogP contribution is -2.51. The minimum Gasteiger partial charge on any atom is -0.378 e. The standard InChI is InChI=1S/C22H27N5OS/c28-22(15-1-2-15)26-9-7-25(8-10-26)18-4-6-24-27-14-17(11-19(18)27)20-12-16-3-5-23-13-21(16)29-20/h4,6,11-12,14-15,22-23,28H,1-3,5,7-10,13H2. The van der Waals surface area contributed by atoms with Crippen molar-refractivity contribution in [2.75, 3.05) is 37.6 Å². The zero-order chi connectivity index (χ0) is 19.4. The third kappa shape index (κ3) is 3.26. The van der Waals surface area contributed by atoms with Gasteiger partial charge in [0, 0.05) is 60.4 Å². The summed E-state index contributed by atoms with van der Waals surface area (Å²) in [6.45, 7) is 5.81. The van der Waals surface area contributed by atoms with Crippen molar-refractivity contribution in [1.29, 1.82) is 0 Å². The second-order valence-corrected chi connectivity index (χ2v) is 9.67. The van der Waals surface area contributed by atoms with E-state index in [-0.39, 0.29) is 6.23 Å². The highest BCUT2D eigenvalue weighted by Crippen LogP contribution is 2.37. The Hall–Kier alpha value is -1.93. The van der Waals surface area contributed by atoms with Gasteiger partial charge < -0.3 is 15.3 Å². The predicted octanol–water partition coefficient (Wildman–Crippen LogP) is 2.56. The lowest BCUT2D eigenvalue weighted by atomic mass is 10.1. The number of nitrogens with zero attached hydrogens (tertiary/aromatic N) is 4. The van der Waals surface area contributed by atoms with Crippen molar-refractivity contribution in [2.45, 2.75) is 32.0 Å². The summed E-state index contributed by atoms with van der Waals surface area (Å²) >= 11 is 1.91. The maximum Gasteiger partial charge on any atom is 0.110 e. The minimum absolute atomic E-state index is 0.242. The van der Waals surface area contributed by atoms with Crippen LogP contribution in [0.25, 0.3) is 16.0 Å². The number of nitrogens with one attached hydrogen (secondary N) is 1. The number of rotatable bonds is 4. The van der Waals surface area contributed by atoms with E-state index in [0.29, 0.717) is 5.92 Å². The summed E-state index contributed by atoms with van der Waals surface area (Å²) in [5.41, 5.74) is 5.17. The summed E-state index contributed by atoms with van der Waals surface area (Å²) in [5.74, 6) is 0.509. The molecule has 7 heteroatoms. The molecule has 1 aliphatic carbocycles. The fraction of sp³-hybridized carbons (Fsp3) is 0.500. The van der Waals surface area contributed by atoms with Gasteiger partial charge in [0.05, 0.1) is 11.2 Å². The zero-order valence-electron chi connectivity index (χ0n) is 16.5. The number of fused-ring (bicyclic) bond motifs is 2. The van der Waals surface area contributed by atoms with Crippen LogP contribution in [0.1, 0.15) is 23.3 Å². The molecule has 0 aromatic carbocycles. The minimum atomic E-state index is -0.242. The molecule has 152 valence electrons. The fourth-order valence-electron chi connectivity index (χ4n) is 4.72. The molecular weight excluding hydrogens is 382 g/mol. The van der Waals surface area contributed by atoms with Crippen LogP contribution in [-0.4, -0.2) is 58.6 Å². The van der Waals surface area contributed by atoms with Gasteiger partial charge in [-0.15, -0.1) is 11.3 Å². The smallest absolute Gasteiger partial charge is 0.110 e. The molecule has 29 heavy (non-hydrogen) atoms. The van der Waals surface area contributed by atoms with Crippen molar-refractivity contribution >= 4 is 22.5 Å². The van der Waals surface area contributed by atoms with Crippen LogP contribution in [0.5, 0.6) is 0 Å². The van der Waals surface area contributed by atoms with E-state index in [1.807, 2.05) is 22.0 Å². The van der Waals surface area contributed by atoms with Crippen LogP contribution in [0.4, 0.5) is 5.69 Å². The van der Waals surface area contributed by atoms with E-state index in [4.69, 9.17) is 0 Å². The van der Waals surface area contributed by atoms with Gasteiger partial charge in [-0.1, -0.05) is 0 Å². The van der Waals surface area contributed by atoms with Crippen molar-refractivity contribution < 1.29 is 5.11 Å². The zero-order valence-corrected chi connectivity index (χ0v) is 17.4. The Balaban J connectivity index is 1.26. The quantitative estimate of drug-likeness (QED) is 0.694. The highest BCUT2D eigenvalue weighted by molar-refractivity contribution is 7.15. The van der Waals surface area contributed by atoms with E-state index in [1.54, 1.807) is 0 Å². The molecule has 3 aromatic rings. The molecular formula is C22H27N5OS. The first-order chi connectivity index (χ1) is 14.3. The van der Waals surface area contributed by atoms with Gasteiger partial charge in [-0.05, 0) is 55.5 Å². The second kappa shape index (κ2) is 7.09. The van der Waals surface area contributed by atoms with E-state index in [1.165, 1.54) is 44.9 Å². The van der Waals surface area contributed by atoms with Crippen molar-refractivity contribution in [1.82, 2.24) is 19.8 Å². The monoisotopic (exact) mass is 409 g/mol. The Morgan fingerprint density at radius 1 is 1.17 bits per heavy atom. The van der Waals surface area contributed by atoms with E-state index < -0.39 is 0 Å². The number of aliphatic hydroxyl groups is 1. The van der Waals surface area contributed by atoms with Crippen molar-refractivity contribution in [3.63, 3.8) is 0 Å². The molecule has 3 aliphatic rings. The van der Waals surface area contributed by atoms with Gasteiger partial charge in [0.15, 0.2) is 0 Å². The molecule has 5 heterocycles. The Kier molecular flexibility index (Phi) is 4.37. The number of anilines is 1. The number of aliphatic hydroxyl groups excluding tert-OH is 1. The van der Waals surface area contributed by atoms with Crippen molar-refractivity contribution in [3.05, 3.63) is 41.0 Å². The SMILES string of the molecule is OC(C1CC1)N1CCN(c2ccnn3cc(-c4cc5c(s4)CNCC5)cc23)CC1. The van der Waals surface area contributed by atoms with E-state index in [9.17, 15) is 5.11 Å². The fourth-order valence-corrected chi connectivity index (χ4v) is 5.88. The molecule has 0 amide bonds. The van der Waals surface area contributed by atoms with Gasteiger partial charge >= 0.3 is 0 Å². The number of thiophene rings is 1. The third-order valence-corrected chi connectivity index (χ3v) is 7.82. The molecule has 1 atom stereocenters. The molecule has 0 radical (unpaired) electrons. The number of hydrogen-bond donors (Lipinski definition) is 2. The molecule has 1 unspecified atom stereocenters. The molecule has 1 saturated carbocycles. The lowest BCUT2D eigenvalue weighted by Gasteiger charge is -2.38.